The molecule has 0 atom stereocenters. The first-order valence-corrected chi connectivity index (χ1v) is 7.07. The van der Waals surface area contributed by atoms with Crippen LogP contribution in [0.4, 0.5) is 11.4 Å². The van der Waals surface area contributed by atoms with Crippen LogP contribution in [0.25, 0.3) is 0 Å². The van der Waals surface area contributed by atoms with Crippen molar-refractivity contribution in [3.8, 4) is 11.5 Å². The monoisotopic (exact) mass is 286 g/mol. The van der Waals surface area contributed by atoms with Gasteiger partial charge in [-0.2, -0.15) is 0 Å². The van der Waals surface area contributed by atoms with E-state index in [2.05, 4.69) is 16.3 Å². The quantitative estimate of drug-likeness (QED) is 0.853. The summed E-state index contributed by atoms with van der Waals surface area (Å²) in [5.41, 5.74) is 2.95. The largest absolute Gasteiger partial charge is 0.504 e. The van der Waals surface area contributed by atoms with Crippen molar-refractivity contribution in [3.63, 3.8) is 0 Å². The summed E-state index contributed by atoms with van der Waals surface area (Å²) in [5, 5.41) is 13.6. The van der Waals surface area contributed by atoms with E-state index in [0.717, 1.165) is 16.9 Å². The molecule has 2 rings (SSSR count). The van der Waals surface area contributed by atoms with Crippen LogP contribution in [-0.4, -0.2) is 25.8 Å². The standard InChI is InChI=1S/C17H22N2O2/c1-4-21-16-11-7-8-13(17(16)20)12-18-14-9-5-6-10-15(14)19(2)3/h5-11,18,20H,4,12H2,1-3H3. The molecule has 0 unspecified atom stereocenters. The van der Waals surface area contributed by atoms with E-state index in [1.54, 1.807) is 6.07 Å². The zero-order valence-corrected chi connectivity index (χ0v) is 12.8. The van der Waals surface area contributed by atoms with Crippen LogP contribution in [0.3, 0.4) is 0 Å². The molecule has 4 nitrogen and oxygen atoms in total. The highest BCUT2D eigenvalue weighted by Gasteiger charge is 2.09. The van der Waals surface area contributed by atoms with Crippen LogP contribution in [0, 0.1) is 0 Å². The van der Waals surface area contributed by atoms with Crippen molar-refractivity contribution < 1.29 is 9.84 Å². The van der Waals surface area contributed by atoms with Crippen molar-refractivity contribution in [1.29, 1.82) is 0 Å². The van der Waals surface area contributed by atoms with Crippen LogP contribution in [0.2, 0.25) is 0 Å². The summed E-state index contributed by atoms with van der Waals surface area (Å²) in [4.78, 5) is 2.05. The van der Waals surface area contributed by atoms with Gasteiger partial charge in [0.1, 0.15) is 0 Å². The molecule has 2 aromatic carbocycles. The summed E-state index contributed by atoms with van der Waals surface area (Å²) < 4.78 is 5.41. The molecule has 2 aromatic rings. The highest BCUT2D eigenvalue weighted by atomic mass is 16.5. The van der Waals surface area contributed by atoms with Crippen LogP contribution in [0.15, 0.2) is 42.5 Å². The van der Waals surface area contributed by atoms with Crippen molar-refractivity contribution in [2.24, 2.45) is 0 Å². The third-order valence-corrected chi connectivity index (χ3v) is 3.24. The van der Waals surface area contributed by atoms with Gasteiger partial charge in [0.2, 0.25) is 0 Å². The van der Waals surface area contributed by atoms with E-state index < -0.39 is 0 Å². The lowest BCUT2D eigenvalue weighted by Crippen LogP contribution is -2.12. The summed E-state index contributed by atoms with van der Waals surface area (Å²) in [6.07, 6.45) is 0. The van der Waals surface area contributed by atoms with Crippen molar-refractivity contribution in [1.82, 2.24) is 0 Å². The Balaban J connectivity index is 2.15. The molecule has 0 aromatic heterocycles. The summed E-state index contributed by atoms with van der Waals surface area (Å²) in [7, 11) is 4.02. The van der Waals surface area contributed by atoms with Gasteiger partial charge in [-0.1, -0.05) is 24.3 Å². The molecule has 0 aliphatic carbocycles. The maximum atomic E-state index is 10.2. The number of phenolic OH excluding ortho intramolecular Hbond substituents is 1. The summed E-state index contributed by atoms with van der Waals surface area (Å²) in [6.45, 7) is 2.98. The third-order valence-electron chi connectivity index (χ3n) is 3.24. The van der Waals surface area contributed by atoms with Gasteiger partial charge in [0, 0.05) is 26.2 Å². The van der Waals surface area contributed by atoms with E-state index in [9.17, 15) is 5.11 Å². The Morgan fingerprint density at radius 1 is 1.10 bits per heavy atom. The number of para-hydroxylation sites is 3. The Morgan fingerprint density at radius 2 is 1.86 bits per heavy atom. The smallest absolute Gasteiger partial charge is 0.162 e. The molecule has 0 radical (unpaired) electrons. The second-order valence-corrected chi connectivity index (χ2v) is 4.96. The lowest BCUT2D eigenvalue weighted by molar-refractivity contribution is 0.317. The normalized spacial score (nSPS) is 10.2. The molecule has 21 heavy (non-hydrogen) atoms. The fourth-order valence-electron chi connectivity index (χ4n) is 2.19. The minimum absolute atomic E-state index is 0.203. The molecule has 0 aliphatic heterocycles. The zero-order chi connectivity index (χ0) is 15.2. The number of hydrogen-bond donors (Lipinski definition) is 2. The lowest BCUT2D eigenvalue weighted by atomic mass is 10.1. The number of anilines is 2. The fraction of sp³-hybridized carbons (Fsp3) is 0.294. The number of hydrogen-bond acceptors (Lipinski definition) is 4. The Bertz CT molecular complexity index is 597. The molecule has 0 aliphatic rings. The third kappa shape index (κ3) is 3.60. The average molecular weight is 286 g/mol. The maximum Gasteiger partial charge on any atom is 0.162 e. The van der Waals surface area contributed by atoms with Crippen molar-refractivity contribution in [3.05, 3.63) is 48.0 Å². The first kappa shape index (κ1) is 15.0. The average Bonchev–Trinajstić information content (AvgIpc) is 2.48. The van der Waals surface area contributed by atoms with Crippen LogP contribution in [-0.2, 0) is 6.54 Å². The molecule has 0 bridgehead atoms. The van der Waals surface area contributed by atoms with Crippen molar-refractivity contribution in [2.75, 3.05) is 30.9 Å². The molecule has 112 valence electrons. The number of benzene rings is 2. The fourth-order valence-corrected chi connectivity index (χ4v) is 2.19. The molecule has 2 N–H and O–H groups in total. The van der Waals surface area contributed by atoms with Gasteiger partial charge in [0.05, 0.1) is 18.0 Å². The van der Waals surface area contributed by atoms with Gasteiger partial charge in [0.15, 0.2) is 11.5 Å². The Kier molecular flexibility index (Phi) is 4.93. The zero-order valence-electron chi connectivity index (χ0n) is 12.8. The van der Waals surface area contributed by atoms with E-state index >= 15 is 0 Å². The van der Waals surface area contributed by atoms with E-state index in [1.165, 1.54) is 0 Å². The predicted octanol–water partition coefficient (Wildman–Crippen LogP) is 3.47. The number of nitrogens with one attached hydrogen (secondary N) is 1. The van der Waals surface area contributed by atoms with Gasteiger partial charge in [-0.15, -0.1) is 0 Å². The van der Waals surface area contributed by atoms with Crippen LogP contribution < -0.4 is 15.0 Å². The molecule has 0 spiro atoms. The van der Waals surface area contributed by atoms with E-state index in [4.69, 9.17) is 4.74 Å². The molecule has 0 heterocycles. The predicted molar refractivity (Wildman–Crippen MR) is 87.4 cm³/mol. The highest BCUT2D eigenvalue weighted by Crippen LogP contribution is 2.31. The summed E-state index contributed by atoms with van der Waals surface area (Å²) in [6, 6.07) is 13.6. The Labute approximate surface area is 126 Å². The number of nitrogens with zero attached hydrogens (tertiary/aromatic N) is 1. The number of ether oxygens (including phenoxy) is 1. The molecule has 0 amide bonds. The molecular weight excluding hydrogens is 264 g/mol. The van der Waals surface area contributed by atoms with Crippen molar-refractivity contribution in [2.45, 2.75) is 13.5 Å². The molecule has 0 fully saturated rings. The first-order chi connectivity index (χ1) is 10.1. The molecule has 4 heteroatoms. The lowest BCUT2D eigenvalue weighted by Gasteiger charge is -2.19. The second kappa shape index (κ2) is 6.88. The van der Waals surface area contributed by atoms with E-state index in [1.807, 2.05) is 51.4 Å². The second-order valence-electron chi connectivity index (χ2n) is 4.96. The first-order valence-electron chi connectivity index (χ1n) is 7.07. The van der Waals surface area contributed by atoms with Crippen molar-refractivity contribution >= 4 is 11.4 Å². The van der Waals surface area contributed by atoms with Crippen LogP contribution in [0.5, 0.6) is 11.5 Å². The van der Waals surface area contributed by atoms with Crippen LogP contribution in [0.1, 0.15) is 12.5 Å². The van der Waals surface area contributed by atoms with Gasteiger partial charge in [-0.25, -0.2) is 0 Å². The minimum Gasteiger partial charge on any atom is -0.504 e. The Morgan fingerprint density at radius 3 is 2.57 bits per heavy atom. The highest BCUT2D eigenvalue weighted by molar-refractivity contribution is 5.69. The van der Waals surface area contributed by atoms with E-state index in [-0.39, 0.29) is 5.75 Å². The SMILES string of the molecule is CCOc1cccc(CNc2ccccc2N(C)C)c1O. The molecule has 0 saturated carbocycles. The molecular formula is C17H22N2O2. The number of phenols is 1. The van der Waals surface area contributed by atoms with Gasteiger partial charge >= 0.3 is 0 Å². The maximum absolute atomic E-state index is 10.2. The molecule has 0 saturated heterocycles. The van der Waals surface area contributed by atoms with Gasteiger partial charge < -0.3 is 20.1 Å². The number of rotatable bonds is 6. The minimum atomic E-state index is 0.203. The summed E-state index contributed by atoms with van der Waals surface area (Å²) in [5.74, 6) is 0.729. The van der Waals surface area contributed by atoms with Crippen LogP contribution >= 0.6 is 0 Å². The van der Waals surface area contributed by atoms with Gasteiger partial charge in [-0.3, -0.25) is 0 Å². The van der Waals surface area contributed by atoms with Gasteiger partial charge in [-0.05, 0) is 25.1 Å². The summed E-state index contributed by atoms with van der Waals surface area (Å²) >= 11 is 0. The van der Waals surface area contributed by atoms with E-state index in [0.29, 0.717) is 18.9 Å². The Hall–Kier alpha value is -2.36. The van der Waals surface area contributed by atoms with Gasteiger partial charge in [0.25, 0.3) is 0 Å². The number of aromatic hydroxyl groups is 1. The topological polar surface area (TPSA) is 44.7 Å².